The van der Waals surface area contributed by atoms with Crippen molar-refractivity contribution in [2.45, 2.75) is 20.8 Å². The molecule has 2 aromatic carbocycles. The second-order valence-electron chi connectivity index (χ2n) is 5.76. The van der Waals surface area contributed by atoms with Gasteiger partial charge in [-0.3, -0.25) is 4.98 Å². The quantitative estimate of drug-likeness (QED) is 0.653. The molecule has 0 atom stereocenters. The smallest absolute Gasteiger partial charge is 0.338 e. The van der Waals surface area contributed by atoms with Crippen LogP contribution in [0.3, 0.4) is 0 Å². The third-order valence-electron chi connectivity index (χ3n) is 3.74. The lowest BCUT2D eigenvalue weighted by molar-refractivity contribution is 0.0526. The third-order valence-corrected chi connectivity index (χ3v) is 3.74. The standard InChI is InChI=1S/C20H20N2O2.ClH/c1-4-24-20(23)15-6-5-7-16(12-15)22-19-11-14(3)21-18-9-8-13(2)10-17(18)19;/h5-12H,4H2,1-3H3,(H,21,22);1H. The Labute approximate surface area is 153 Å². The Bertz CT molecular complexity index is 909. The van der Waals surface area contributed by atoms with Gasteiger partial charge in [-0.25, -0.2) is 4.79 Å². The maximum Gasteiger partial charge on any atom is 0.338 e. The molecule has 0 unspecified atom stereocenters. The number of nitrogens with one attached hydrogen (secondary N) is 1. The number of esters is 1. The molecule has 130 valence electrons. The highest BCUT2D eigenvalue weighted by atomic mass is 35.5. The second-order valence-corrected chi connectivity index (χ2v) is 5.76. The van der Waals surface area contributed by atoms with Gasteiger partial charge in [0.2, 0.25) is 0 Å². The SMILES string of the molecule is CCOC(=O)c1cccc(Nc2cc(C)nc3ccc(C)cc23)c1.Cl. The van der Waals surface area contributed by atoms with E-state index in [1.165, 1.54) is 5.56 Å². The number of carbonyl (C=O) groups excluding carboxylic acids is 1. The highest BCUT2D eigenvalue weighted by Gasteiger charge is 2.09. The minimum absolute atomic E-state index is 0. The van der Waals surface area contributed by atoms with Gasteiger partial charge in [-0.2, -0.15) is 0 Å². The molecule has 0 saturated heterocycles. The highest BCUT2D eigenvalue weighted by Crippen LogP contribution is 2.27. The number of pyridine rings is 1. The lowest BCUT2D eigenvalue weighted by Crippen LogP contribution is -2.05. The fourth-order valence-electron chi connectivity index (χ4n) is 2.67. The van der Waals surface area contributed by atoms with Gasteiger partial charge in [0.05, 0.1) is 17.7 Å². The Morgan fingerprint density at radius 1 is 1.12 bits per heavy atom. The molecule has 5 heteroatoms. The zero-order valence-electron chi connectivity index (χ0n) is 14.5. The molecule has 0 saturated carbocycles. The molecular weight excluding hydrogens is 336 g/mol. The number of benzene rings is 2. The molecule has 0 radical (unpaired) electrons. The van der Waals surface area contributed by atoms with Crippen LogP contribution >= 0.6 is 12.4 Å². The number of carbonyl (C=O) groups is 1. The first-order chi connectivity index (χ1) is 11.6. The van der Waals surface area contributed by atoms with Gasteiger partial charge in [-0.15, -0.1) is 12.4 Å². The van der Waals surface area contributed by atoms with Crippen LogP contribution in [0.25, 0.3) is 10.9 Å². The molecule has 0 amide bonds. The molecule has 3 rings (SSSR count). The van der Waals surface area contributed by atoms with Gasteiger partial charge < -0.3 is 10.1 Å². The number of aryl methyl sites for hydroxylation is 2. The highest BCUT2D eigenvalue weighted by molar-refractivity contribution is 5.95. The largest absolute Gasteiger partial charge is 0.462 e. The number of hydrogen-bond donors (Lipinski definition) is 1. The topological polar surface area (TPSA) is 51.2 Å². The first-order valence-electron chi connectivity index (χ1n) is 7.99. The number of aromatic nitrogens is 1. The van der Waals surface area contributed by atoms with Gasteiger partial charge in [0, 0.05) is 22.5 Å². The number of anilines is 2. The number of fused-ring (bicyclic) bond motifs is 1. The average Bonchev–Trinajstić information content (AvgIpc) is 2.56. The van der Waals surface area contributed by atoms with E-state index in [4.69, 9.17) is 4.74 Å². The average molecular weight is 357 g/mol. The van der Waals surface area contributed by atoms with Gasteiger partial charge in [-0.05, 0) is 57.2 Å². The van der Waals surface area contributed by atoms with Crippen LogP contribution in [-0.4, -0.2) is 17.6 Å². The molecular formula is C20H21ClN2O2. The lowest BCUT2D eigenvalue weighted by Gasteiger charge is -2.12. The molecule has 25 heavy (non-hydrogen) atoms. The summed E-state index contributed by atoms with van der Waals surface area (Å²) in [7, 11) is 0. The van der Waals surface area contributed by atoms with Crippen molar-refractivity contribution in [1.82, 2.24) is 4.98 Å². The Morgan fingerprint density at radius 3 is 2.68 bits per heavy atom. The van der Waals surface area contributed by atoms with Crippen LogP contribution in [0.2, 0.25) is 0 Å². The number of hydrogen-bond acceptors (Lipinski definition) is 4. The van der Waals surface area contributed by atoms with Gasteiger partial charge in [-0.1, -0.05) is 17.7 Å². The fourth-order valence-corrected chi connectivity index (χ4v) is 2.67. The minimum Gasteiger partial charge on any atom is -0.462 e. The molecule has 0 aliphatic carbocycles. The van der Waals surface area contributed by atoms with Crippen molar-refractivity contribution in [1.29, 1.82) is 0 Å². The normalized spacial score (nSPS) is 10.2. The van der Waals surface area contributed by atoms with E-state index in [0.29, 0.717) is 12.2 Å². The van der Waals surface area contributed by atoms with Gasteiger partial charge in [0.15, 0.2) is 0 Å². The summed E-state index contributed by atoms with van der Waals surface area (Å²) in [4.78, 5) is 16.5. The number of halogens is 1. The first kappa shape index (κ1) is 18.7. The van der Waals surface area contributed by atoms with Crippen molar-refractivity contribution < 1.29 is 9.53 Å². The molecule has 0 aliphatic rings. The summed E-state index contributed by atoms with van der Waals surface area (Å²) in [5, 5.41) is 4.46. The summed E-state index contributed by atoms with van der Waals surface area (Å²) >= 11 is 0. The van der Waals surface area contributed by atoms with Crippen LogP contribution in [0.1, 0.15) is 28.5 Å². The zero-order chi connectivity index (χ0) is 17.1. The molecule has 0 fully saturated rings. The summed E-state index contributed by atoms with van der Waals surface area (Å²) in [5.41, 5.74) is 5.42. The van der Waals surface area contributed by atoms with Crippen molar-refractivity contribution in [2.24, 2.45) is 0 Å². The number of ether oxygens (including phenoxy) is 1. The Kier molecular flexibility index (Phi) is 5.99. The van der Waals surface area contributed by atoms with Crippen LogP contribution in [0.4, 0.5) is 11.4 Å². The van der Waals surface area contributed by atoms with E-state index in [2.05, 4.69) is 29.4 Å². The number of nitrogens with zero attached hydrogens (tertiary/aromatic N) is 1. The second kappa shape index (κ2) is 7.99. The van der Waals surface area contributed by atoms with Crippen molar-refractivity contribution in [3.8, 4) is 0 Å². The van der Waals surface area contributed by atoms with Gasteiger partial charge in [0.25, 0.3) is 0 Å². The van der Waals surface area contributed by atoms with Crippen molar-refractivity contribution >= 4 is 40.7 Å². The zero-order valence-corrected chi connectivity index (χ0v) is 15.3. The molecule has 4 nitrogen and oxygen atoms in total. The number of rotatable bonds is 4. The molecule has 1 aromatic heterocycles. The van der Waals surface area contributed by atoms with E-state index in [1.54, 1.807) is 19.1 Å². The predicted octanol–water partition coefficient (Wildman–Crippen LogP) is 5.19. The van der Waals surface area contributed by atoms with E-state index in [-0.39, 0.29) is 18.4 Å². The molecule has 0 bridgehead atoms. The van der Waals surface area contributed by atoms with E-state index < -0.39 is 0 Å². The Morgan fingerprint density at radius 2 is 1.92 bits per heavy atom. The van der Waals surface area contributed by atoms with E-state index in [0.717, 1.165) is 28.0 Å². The molecule has 1 heterocycles. The van der Waals surface area contributed by atoms with Crippen LogP contribution in [0.5, 0.6) is 0 Å². The first-order valence-corrected chi connectivity index (χ1v) is 7.99. The summed E-state index contributed by atoms with van der Waals surface area (Å²) in [6.45, 7) is 6.20. The Hall–Kier alpha value is -2.59. The molecule has 3 aromatic rings. The van der Waals surface area contributed by atoms with Crippen molar-refractivity contribution in [2.75, 3.05) is 11.9 Å². The van der Waals surface area contributed by atoms with E-state index in [9.17, 15) is 4.79 Å². The summed E-state index contributed by atoms with van der Waals surface area (Å²) in [5.74, 6) is -0.312. The molecule has 1 N–H and O–H groups in total. The van der Waals surface area contributed by atoms with Crippen molar-refractivity contribution in [3.05, 3.63) is 65.4 Å². The van der Waals surface area contributed by atoms with Gasteiger partial charge in [0.1, 0.15) is 0 Å². The predicted molar refractivity (Wildman–Crippen MR) is 104 cm³/mol. The van der Waals surface area contributed by atoms with Crippen LogP contribution in [-0.2, 0) is 4.74 Å². The van der Waals surface area contributed by atoms with E-state index in [1.807, 2.05) is 31.2 Å². The van der Waals surface area contributed by atoms with Crippen LogP contribution in [0, 0.1) is 13.8 Å². The summed E-state index contributed by atoms with van der Waals surface area (Å²) in [6.07, 6.45) is 0. The van der Waals surface area contributed by atoms with E-state index >= 15 is 0 Å². The monoisotopic (exact) mass is 356 g/mol. The Balaban J connectivity index is 0.00000225. The molecule has 0 aliphatic heterocycles. The summed E-state index contributed by atoms with van der Waals surface area (Å²) < 4.78 is 5.06. The maximum atomic E-state index is 11.9. The maximum absolute atomic E-state index is 11.9. The van der Waals surface area contributed by atoms with Crippen LogP contribution < -0.4 is 5.32 Å². The third kappa shape index (κ3) is 4.28. The van der Waals surface area contributed by atoms with Crippen LogP contribution in [0.15, 0.2) is 48.5 Å². The minimum atomic E-state index is -0.312. The fraction of sp³-hybridized carbons (Fsp3) is 0.200. The van der Waals surface area contributed by atoms with Gasteiger partial charge >= 0.3 is 5.97 Å². The van der Waals surface area contributed by atoms with Crippen molar-refractivity contribution in [3.63, 3.8) is 0 Å². The summed E-state index contributed by atoms with van der Waals surface area (Å²) in [6, 6.07) is 15.5. The molecule has 0 spiro atoms. The lowest BCUT2D eigenvalue weighted by atomic mass is 10.1.